The number of rotatable bonds is 6. The van der Waals surface area contributed by atoms with E-state index in [1.54, 1.807) is 4.90 Å². The molecule has 1 aliphatic heterocycles. The van der Waals surface area contributed by atoms with Gasteiger partial charge in [0.15, 0.2) is 0 Å². The fourth-order valence-corrected chi connectivity index (χ4v) is 3.25. The number of hydrogen-bond acceptors (Lipinski definition) is 3. The van der Waals surface area contributed by atoms with Crippen LogP contribution < -0.4 is 0 Å². The van der Waals surface area contributed by atoms with E-state index in [-0.39, 0.29) is 12.1 Å². The van der Waals surface area contributed by atoms with Crippen molar-refractivity contribution in [2.24, 2.45) is 0 Å². The zero-order valence-corrected chi connectivity index (χ0v) is 11.9. The standard InChI is InChI=1S/C14H19NO3S/c1-2-12-11-18-14(16)15(12)9-6-10-19(17)13-7-4-3-5-8-13/h3-5,7-8,12H,2,6,9-11H2,1H3/t12-,19?/m0/s1. The highest BCUT2D eigenvalue weighted by molar-refractivity contribution is 7.85. The Bertz CT molecular complexity index is 449. The Hall–Kier alpha value is -1.36. The molecule has 1 aromatic rings. The van der Waals surface area contributed by atoms with Crippen LogP contribution in [0.2, 0.25) is 0 Å². The lowest BCUT2D eigenvalue weighted by molar-refractivity contribution is 0.157. The molecule has 19 heavy (non-hydrogen) atoms. The van der Waals surface area contributed by atoms with Crippen molar-refractivity contribution in [3.8, 4) is 0 Å². The number of amides is 1. The van der Waals surface area contributed by atoms with Crippen molar-refractivity contribution in [1.29, 1.82) is 0 Å². The molecule has 1 heterocycles. The van der Waals surface area contributed by atoms with Crippen molar-refractivity contribution in [2.75, 3.05) is 18.9 Å². The molecule has 1 amide bonds. The minimum Gasteiger partial charge on any atom is -0.447 e. The second kappa shape index (κ2) is 6.70. The van der Waals surface area contributed by atoms with Gasteiger partial charge in [-0.1, -0.05) is 25.1 Å². The Morgan fingerprint density at radius 1 is 1.37 bits per heavy atom. The van der Waals surface area contributed by atoms with E-state index in [1.165, 1.54) is 0 Å². The summed E-state index contributed by atoms with van der Waals surface area (Å²) in [5.41, 5.74) is 0. The third-order valence-corrected chi connectivity index (χ3v) is 4.74. The summed E-state index contributed by atoms with van der Waals surface area (Å²) in [6.45, 7) is 3.15. The molecule has 104 valence electrons. The zero-order valence-electron chi connectivity index (χ0n) is 11.1. The molecule has 1 unspecified atom stereocenters. The lowest BCUT2D eigenvalue weighted by Crippen LogP contribution is -2.34. The van der Waals surface area contributed by atoms with E-state index < -0.39 is 10.8 Å². The SMILES string of the molecule is CC[C@H]1COC(=O)N1CCCS(=O)c1ccccc1. The van der Waals surface area contributed by atoms with Gasteiger partial charge in [-0.25, -0.2) is 4.79 Å². The molecule has 2 atom stereocenters. The van der Waals surface area contributed by atoms with Crippen molar-refractivity contribution in [3.63, 3.8) is 0 Å². The summed E-state index contributed by atoms with van der Waals surface area (Å²) in [5.74, 6) is 0.574. The maximum absolute atomic E-state index is 12.0. The fourth-order valence-electron chi connectivity index (χ4n) is 2.16. The summed E-state index contributed by atoms with van der Waals surface area (Å²) in [4.78, 5) is 14.1. The zero-order chi connectivity index (χ0) is 13.7. The van der Waals surface area contributed by atoms with E-state index in [2.05, 4.69) is 0 Å². The van der Waals surface area contributed by atoms with Gasteiger partial charge in [-0.15, -0.1) is 0 Å². The first-order valence-corrected chi connectivity index (χ1v) is 7.91. The number of ether oxygens (including phenoxy) is 1. The molecule has 1 aliphatic rings. The molecule has 1 saturated heterocycles. The monoisotopic (exact) mass is 281 g/mol. The van der Waals surface area contributed by atoms with Crippen LogP contribution in [0.15, 0.2) is 35.2 Å². The molecule has 5 heteroatoms. The summed E-state index contributed by atoms with van der Waals surface area (Å²) in [6.07, 6.45) is 1.39. The third kappa shape index (κ3) is 3.56. The van der Waals surface area contributed by atoms with E-state index in [0.29, 0.717) is 18.9 Å². The Kier molecular flexibility index (Phi) is 4.96. The Labute approximate surface area is 116 Å². The lowest BCUT2D eigenvalue weighted by atomic mass is 10.2. The summed E-state index contributed by atoms with van der Waals surface area (Å²) >= 11 is 0. The molecule has 0 N–H and O–H groups in total. The van der Waals surface area contributed by atoms with Gasteiger partial charge in [0.2, 0.25) is 0 Å². The third-order valence-electron chi connectivity index (χ3n) is 3.28. The summed E-state index contributed by atoms with van der Waals surface area (Å²) in [7, 11) is -0.987. The Balaban J connectivity index is 1.80. The van der Waals surface area contributed by atoms with Gasteiger partial charge in [-0.3, -0.25) is 4.21 Å². The molecule has 0 aliphatic carbocycles. The Morgan fingerprint density at radius 3 is 2.79 bits per heavy atom. The number of carbonyl (C=O) groups excluding carboxylic acids is 1. The smallest absolute Gasteiger partial charge is 0.410 e. The van der Waals surface area contributed by atoms with E-state index in [1.807, 2.05) is 37.3 Å². The van der Waals surface area contributed by atoms with E-state index >= 15 is 0 Å². The predicted molar refractivity (Wildman–Crippen MR) is 74.5 cm³/mol. The van der Waals surface area contributed by atoms with E-state index in [9.17, 15) is 9.00 Å². The van der Waals surface area contributed by atoms with E-state index in [4.69, 9.17) is 4.74 Å². The van der Waals surface area contributed by atoms with Crippen molar-refractivity contribution in [3.05, 3.63) is 30.3 Å². The molecule has 0 aromatic heterocycles. The van der Waals surface area contributed by atoms with Crippen LogP contribution in [0.25, 0.3) is 0 Å². The molecule has 0 saturated carbocycles. The molecule has 1 fully saturated rings. The maximum Gasteiger partial charge on any atom is 0.410 e. The maximum atomic E-state index is 12.0. The van der Waals surface area contributed by atoms with Gasteiger partial charge in [0, 0.05) is 17.2 Å². The first kappa shape index (κ1) is 14.1. The highest BCUT2D eigenvalue weighted by Crippen LogP contribution is 2.16. The van der Waals surface area contributed by atoms with Gasteiger partial charge in [-0.2, -0.15) is 0 Å². The fraction of sp³-hybridized carbons (Fsp3) is 0.500. The largest absolute Gasteiger partial charge is 0.447 e. The lowest BCUT2D eigenvalue weighted by Gasteiger charge is -2.19. The number of hydrogen-bond donors (Lipinski definition) is 0. The van der Waals surface area contributed by atoms with Crippen molar-refractivity contribution in [1.82, 2.24) is 4.90 Å². The van der Waals surface area contributed by atoms with Crippen LogP contribution in [-0.2, 0) is 15.5 Å². The quantitative estimate of drug-likeness (QED) is 0.804. The van der Waals surface area contributed by atoms with Crippen LogP contribution in [-0.4, -0.2) is 40.1 Å². The molecule has 0 radical (unpaired) electrons. The number of nitrogens with zero attached hydrogens (tertiary/aromatic N) is 1. The van der Waals surface area contributed by atoms with Gasteiger partial charge >= 0.3 is 6.09 Å². The molecule has 2 rings (SSSR count). The van der Waals surface area contributed by atoms with Crippen molar-refractivity contribution in [2.45, 2.75) is 30.7 Å². The van der Waals surface area contributed by atoms with Gasteiger partial charge < -0.3 is 9.64 Å². The van der Waals surface area contributed by atoms with Gasteiger partial charge in [0.05, 0.1) is 16.8 Å². The molecule has 1 aromatic carbocycles. The van der Waals surface area contributed by atoms with Gasteiger partial charge in [0.25, 0.3) is 0 Å². The molecule has 4 nitrogen and oxygen atoms in total. The summed E-state index contributed by atoms with van der Waals surface area (Å²) in [5, 5.41) is 0. The average molecular weight is 281 g/mol. The molecule has 0 spiro atoms. The second-order valence-corrected chi connectivity index (χ2v) is 6.12. The van der Waals surface area contributed by atoms with Gasteiger partial charge in [-0.05, 0) is 25.0 Å². The van der Waals surface area contributed by atoms with Crippen LogP contribution in [0.4, 0.5) is 4.79 Å². The Morgan fingerprint density at radius 2 is 2.11 bits per heavy atom. The molecule has 0 bridgehead atoms. The second-order valence-electron chi connectivity index (χ2n) is 4.55. The number of cyclic esters (lactones) is 1. The van der Waals surface area contributed by atoms with Crippen LogP contribution in [0, 0.1) is 0 Å². The van der Waals surface area contributed by atoms with Crippen LogP contribution in [0.5, 0.6) is 0 Å². The van der Waals surface area contributed by atoms with Crippen molar-refractivity contribution >= 4 is 16.9 Å². The number of carbonyl (C=O) groups is 1. The number of benzene rings is 1. The molecular weight excluding hydrogens is 262 g/mol. The summed E-state index contributed by atoms with van der Waals surface area (Å²) in [6, 6.07) is 9.60. The van der Waals surface area contributed by atoms with Crippen LogP contribution in [0.1, 0.15) is 19.8 Å². The minimum atomic E-state index is -0.987. The molecular formula is C14H19NO3S. The van der Waals surface area contributed by atoms with Gasteiger partial charge in [0.1, 0.15) is 6.61 Å². The first-order chi connectivity index (χ1) is 9.22. The van der Waals surface area contributed by atoms with E-state index in [0.717, 1.165) is 17.7 Å². The van der Waals surface area contributed by atoms with Crippen LogP contribution in [0.3, 0.4) is 0 Å². The summed E-state index contributed by atoms with van der Waals surface area (Å²) < 4.78 is 17.0. The highest BCUT2D eigenvalue weighted by Gasteiger charge is 2.30. The highest BCUT2D eigenvalue weighted by atomic mass is 32.2. The van der Waals surface area contributed by atoms with Crippen LogP contribution >= 0.6 is 0 Å². The normalized spacial score (nSPS) is 20.4. The van der Waals surface area contributed by atoms with Crippen molar-refractivity contribution < 1.29 is 13.7 Å². The first-order valence-electron chi connectivity index (χ1n) is 6.59. The topological polar surface area (TPSA) is 46.6 Å². The predicted octanol–water partition coefficient (Wildman–Crippen LogP) is 2.42. The average Bonchev–Trinajstić information content (AvgIpc) is 2.80. The minimum absolute atomic E-state index is 0.178.